The molecule has 1 unspecified atom stereocenters. The molecule has 0 bridgehead atoms. The van der Waals surface area contributed by atoms with E-state index < -0.39 is 22.2 Å². The Balaban J connectivity index is 2.32. The van der Waals surface area contributed by atoms with Gasteiger partial charge in [-0.25, -0.2) is 0 Å². The van der Waals surface area contributed by atoms with Crippen molar-refractivity contribution in [3.8, 4) is 0 Å². The standard InChI is InChI=1S/C15H19N3O5/c1-9(2)15(14(20)21)6-7-17(8-15)13(19)10-4-3-5-11(12(10)16)18(22)23/h3-5,9H,6-8,16H2,1-2H3,(H,20,21). The molecule has 1 amide bonds. The highest BCUT2D eigenvalue weighted by Crippen LogP contribution is 2.39. The molecule has 1 aliphatic rings. The number of nitrogen functional groups attached to an aromatic ring is 1. The molecule has 3 N–H and O–H groups in total. The number of amides is 1. The fraction of sp³-hybridized carbons (Fsp3) is 0.467. The van der Waals surface area contributed by atoms with Crippen LogP contribution in [0.4, 0.5) is 11.4 Å². The number of nitro benzene ring substituents is 1. The van der Waals surface area contributed by atoms with Crippen molar-refractivity contribution in [3.05, 3.63) is 33.9 Å². The van der Waals surface area contributed by atoms with Crippen molar-refractivity contribution < 1.29 is 19.6 Å². The van der Waals surface area contributed by atoms with Gasteiger partial charge < -0.3 is 15.7 Å². The second kappa shape index (κ2) is 5.86. The highest BCUT2D eigenvalue weighted by atomic mass is 16.6. The SMILES string of the molecule is CC(C)C1(C(=O)O)CCN(C(=O)c2cccc([N+](=O)[O-])c2N)C1. The first-order chi connectivity index (χ1) is 10.7. The number of nitrogens with zero attached hydrogens (tertiary/aromatic N) is 2. The number of likely N-dealkylation sites (tertiary alicyclic amines) is 1. The molecule has 8 nitrogen and oxygen atoms in total. The van der Waals surface area contributed by atoms with Crippen molar-refractivity contribution in [2.75, 3.05) is 18.8 Å². The van der Waals surface area contributed by atoms with Crippen molar-refractivity contribution in [1.29, 1.82) is 0 Å². The van der Waals surface area contributed by atoms with E-state index >= 15 is 0 Å². The summed E-state index contributed by atoms with van der Waals surface area (Å²) in [5.41, 5.74) is 4.25. The summed E-state index contributed by atoms with van der Waals surface area (Å²) in [6, 6.07) is 4.04. The van der Waals surface area contributed by atoms with Crippen molar-refractivity contribution in [2.45, 2.75) is 20.3 Å². The molecule has 23 heavy (non-hydrogen) atoms. The number of benzene rings is 1. The normalized spacial score (nSPS) is 20.7. The lowest BCUT2D eigenvalue weighted by atomic mass is 9.76. The third-order valence-corrected chi connectivity index (χ3v) is 4.63. The van der Waals surface area contributed by atoms with Crippen LogP contribution in [0.25, 0.3) is 0 Å². The van der Waals surface area contributed by atoms with Crippen LogP contribution < -0.4 is 5.73 Å². The molecule has 1 aromatic carbocycles. The summed E-state index contributed by atoms with van der Waals surface area (Å²) >= 11 is 0. The smallest absolute Gasteiger partial charge is 0.311 e. The summed E-state index contributed by atoms with van der Waals surface area (Å²) in [7, 11) is 0. The Bertz CT molecular complexity index is 673. The van der Waals surface area contributed by atoms with Crippen LogP contribution in [0.1, 0.15) is 30.6 Å². The Hall–Kier alpha value is -2.64. The van der Waals surface area contributed by atoms with E-state index in [1.807, 2.05) is 13.8 Å². The van der Waals surface area contributed by atoms with Gasteiger partial charge in [0.1, 0.15) is 5.69 Å². The van der Waals surface area contributed by atoms with E-state index in [9.17, 15) is 24.8 Å². The van der Waals surface area contributed by atoms with E-state index in [-0.39, 0.29) is 35.9 Å². The molecule has 0 radical (unpaired) electrons. The molecule has 2 rings (SSSR count). The Morgan fingerprint density at radius 1 is 1.43 bits per heavy atom. The molecule has 0 aromatic heterocycles. The first-order valence-electron chi connectivity index (χ1n) is 7.26. The number of nitro groups is 1. The van der Waals surface area contributed by atoms with Crippen LogP contribution in [0.5, 0.6) is 0 Å². The Morgan fingerprint density at radius 3 is 2.57 bits per heavy atom. The van der Waals surface area contributed by atoms with E-state index in [0.29, 0.717) is 6.42 Å². The number of para-hydroxylation sites is 1. The average molecular weight is 321 g/mol. The second-order valence-corrected chi connectivity index (χ2v) is 6.09. The summed E-state index contributed by atoms with van der Waals surface area (Å²) in [6.45, 7) is 3.97. The Labute approximate surface area is 133 Å². The Kier molecular flexibility index (Phi) is 4.26. The van der Waals surface area contributed by atoms with Gasteiger partial charge in [-0.05, 0) is 18.4 Å². The van der Waals surface area contributed by atoms with Gasteiger partial charge in [0.25, 0.3) is 11.6 Å². The number of carboxylic acid groups (broad SMARTS) is 1. The molecule has 8 heteroatoms. The molecule has 0 spiro atoms. The van der Waals surface area contributed by atoms with Gasteiger partial charge in [-0.3, -0.25) is 19.7 Å². The number of hydrogen-bond donors (Lipinski definition) is 2. The average Bonchev–Trinajstić information content (AvgIpc) is 2.93. The van der Waals surface area contributed by atoms with Crippen molar-refractivity contribution >= 4 is 23.3 Å². The number of aliphatic carboxylic acids is 1. The quantitative estimate of drug-likeness (QED) is 0.494. The van der Waals surface area contributed by atoms with Gasteiger partial charge in [-0.1, -0.05) is 19.9 Å². The third kappa shape index (κ3) is 2.71. The minimum absolute atomic E-state index is 0.0316. The van der Waals surface area contributed by atoms with Gasteiger partial charge in [0, 0.05) is 19.2 Å². The van der Waals surface area contributed by atoms with Crippen molar-refractivity contribution in [3.63, 3.8) is 0 Å². The molecule has 1 saturated heterocycles. The summed E-state index contributed by atoms with van der Waals surface area (Å²) in [6.07, 6.45) is 0.348. The zero-order valence-electron chi connectivity index (χ0n) is 13.0. The number of anilines is 1. The zero-order valence-corrected chi connectivity index (χ0v) is 13.0. The number of rotatable bonds is 4. The molecule has 1 aliphatic heterocycles. The lowest BCUT2D eigenvalue weighted by molar-refractivity contribution is -0.383. The number of hydrogen-bond acceptors (Lipinski definition) is 5. The van der Waals surface area contributed by atoms with Crippen LogP contribution in [-0.2, 0) is 4.79 Å². The van der Waals surface area contributed by atoms with E-state index in [2.05, 4.69) is 0 Å². The summed E-state index contributed by atoms with van der Waals surface area (Å²) in [4.78, 5) is 35.9. The predicted octanol–water partition coefficient (Wildman–Crippen LogP) is 1.75. The second-order valence-electron chi connectivity index (χ2n) is 6.09. The van der Waals surface area contributed by atoms with Gasteiger partial charge >= 0.3 is 5.97 Å². The van der Waals surface area contributed by atoms with E-state index in [0.717, 1.165) is 0 Å². The Morgan fingerprint density at radius 2 is 2.09 bits per heavy atom. The predicted molar refractivity (Wildman–Crippen MR) is 82.9 cm³/mol. The molecular weight excluding hydrogens is 302 g/mol. The van der Waals surface area contributed by atoms with Gasteiger partial charge in [0.05, 0.1) is 15.9 Å². The zero-order chi connectivity index (χ0) is 17.4. The van der Waals surface area contributed by atoms with Gasteiger partial charge in [-0.2, -0.15) is 0 Å². The molecular formula is C15H19N3O5. The molecule has 1 fully saturated rings. The molecule has 0 saturated carbocycles. The molecule has 1 heterocycles. The largest absolute Gasteiger partial charge is 0.481 e. The maximum absolute atomic E-state index is 12.6. The summed E-state index contributed by atoms with van der Waals surface area (Å²) < 4.78 is 0. The van der Waals surface area contributed by atoms with E-state index in [1.54, 1.807) is 0 Å². The van der Waals surface area contributed by atoms with Crippen molar-refractivity contribution in [2.24, 2.45) is 11.3 Å². The number of carbonyl (C=O) groups excluding carboxylic acids is 1. The van der Waals surface area contributed by atoms with Crippen LogP contribution in [0.3, 0.4) is 0 Å². The highest BCUT2D eigenvalue weighted by Gasteiger charge is 2.48. The number of carbonyl (C=O) groups is 2. The summed E-state index contributed by atoms with van der Waals surface area (Å²) in [5.74, 6) is -1.55. The number of carboxylic acids is 1. The fourth-order valence-electron chi connectivity index (χ4n) is 2.97. The van der Waals surface area contributed by atoms with Crippen LogP contribution >= 0.6 is 0 Å². The molecule has 1 aromatic rings. The molecule has 0 aliphatic carbocycles. The lowest BCUT2D eigenvalue weighted by Crippen LogP contribution is -2.40. The van der Waals surface area contributed by atoms with Crippen LogP contribution in [0, 0.1) is 21.4 Å². The lowest BCUT2D eigenvalue weighted by Gasteiger charge is -2.28. The molecule has 124 valence electrons. The van der Waals surface area contributed by atoms with Crippen LogP contribution in [0.2, 0.25) is 0 Å². The van der Waals surface area contributed by atoms with Crippen LogP contribution in [-0.4, -0.2) is 39.9 Å². The topological polar surface area (TPSA) is 127 Å². The number of nitrogens with two attached hydrogens (primary N) is 1. The van der Waals surface area contributed by atoms with E-state index in [1.165, 1.54) is 23.1 Å². The van der Waals surface area contributed by atoms with E-state index in [4.69, 9.17) is 5.73 Å². The maximum Gasteiger partial charge on any atom is 0.311 e. The maximum atomic E-state index is 12.6. The summed E-state index contributed by atoms with van der Waals surface area (Å²) in [5, 5.41) is 20.4. The monoisotopic (exact) mass is 321 g/mol. The van der Waals surface area contributed by atoms with Gasteiger partial charge in [0.15, 0.2) is 0 Å². The highest BCUT2D eigenvalue weighted by molar-refractivity contribution is 6.01. The van der Waals surface area contributed by atoms with Crippen LogP contribution in [0.15, 0.2) is 18.2 Å². The van der Waals surface area contributed by atoms with Crippen molar-refractivity contribution in [1.82, 2.24) is 4.90 Å². The minimum atomic E-state index is -0.995. The first kappa shape index (κ1) is 16.7. The fourth-order valence-corrected chi connectivity index (χ4v) is 2.97. The van der Waals surface area contributed by atoms with Gasteiger partial charge in [0.2, 0.25) is 0 Å². The first-order valence-corrected chi connectivity index (χ1v) is 7.26. The third-order valence-electron chi connectivity index (χ3n) is 4.63. The molecule has 1 atom stereocenters. The minimum Gasteiger partial charge on any atom is -0.481 e. The van der Waals surface area contributed by atoms with Gasteiger partial charge in [-0.15, -0.1) is 0 Å².